The summed E-state index contributed by atoms with van der Waals surface area (Å²) in [6.07, 6.45) is 5.06. The third-order valence-corrected chi connectivity index (χ3v) is 8.30. The number of imidazole rings is 1. The summed E-state index contributed by atoms with van der Waals surface area (Å²) in [5.41, 5.74) is 10.5. The zero-order chi connectivity index (χ0) is 28.1. The van der Waals surface area contributed by atoms with Gasteiger partial charge in [-0.05, 0) is 75.4 Å². The van der Waals surface area contributed by atoms with E-state index >= 15 is 0 Å². The van der Waals surface area contributed by atoms with Gasteiger partial charge in [-0.1, -0.05) is 59.2 Å². The fourth-order valence-electron chi connectivity index (χ4n) is 6.30. The number of carbonyl (C=O) groups is 1. The summed E-state index contributed by atoms with van der Waals surface area (Å²) in [5.74, 6) is -0.0240. The molecule has 0 bridgehead atoms. The van der Waals surface area contributed by atoms with Crippen LogP contribution in [-0.4, -0.2) is 28.5 Å². The Kier molecular flexibility index (Phi) is 6.45. The summed E-state index contributed by atoms with van der Waals surface area (Å²) in [4.78, 5) is 35.3. The van der Waals surface area contributed by atoms with Crippen LogP contribution >= 0.6 is 0 Å². The molecule has 0 fully saturated rings. The fourth-order valence-corrected chi connectivity index (χ4v) is 6.30. The standard InChI is InChI=1S/C33H35N5O2/c1-6-34-31(39)29-21(5)36-33-37-27(17-25-15-19(3)28(20(25)4)23-9-7-18(2)8-10-23)32(40)38(33)30(29)24-12-11-22-13-14-35-26(22)16-24/h7-12,15-17,28,30,35H,6,13-14H2,1-5H3,(H,34,39)(H,36,37). The van der Waals surface area contributed by atoms with E-state index in [1.165, 1.54) is 27.8 Å². The minimum absolute atomic E-state index is 0.184. The van der Waals surface area contributed by atoms with Gasteiger partial charge in [-0.3, -0.25) is 14.2 Å². The topological polar surface area (TPSA) is 91.3 Å². The smallest absolute Gasteiger partial charge is 0.277 e. The van der Waals surface area contributed by atoms with Gasteiger partial charge in [-0.2, -0.15) is 0 Å². The van der Waals surface area contributed by atoms with Crippen molar-refractivity contribution in [3.05, 3.63) is 120 Å². The van der Waals surface area contributed by atoms with E-state index in [4.69, 9.17) is 4.99 Å². The van der Waals surface area contributed by atoms with Crippen LogP contribution in [0, 0.1) is 6.92 Å². The van der Waals surface area contributed by atoms with Gasteiger partial charge in [-0.15, -0.1) is 0 Å². The van der Waals surface area contributed by atoms with Crippen molar-refractivity contribution in [1.82, 2.24) is 14.9 Å². The lowest BCUT2D eigenvalue weighted by Crippen LogP contribution is -2.41. The number of allylic oxidation sites excluding steroid dienone is 5. The van der Waals surface area contributed by atoms with E-state index in [1.54, 1.807) is 4.57 Å². The fraction of sp³-hybridized carbons (Fsp3) is 0.303. The highest BCUT2D eigenvalue weighted by Crippen LogP contribution is 2.40. The van der Waals surface area contributed by atoms with Crippen LogP contribution in [0.15, 0.2) is 86.3 Å². The van der Waals surface area contributed by atoms with Gasteiger partial charge in [0.2, 0.25) is 5.62 Å². The van der Waals surface area contributed by atoms with E-state index < -0.39 is 6.04 Å². The van der Waals surface area contributed by atoms with Crippen LogP contribution in [0.4, 0.5) is 5.69 Å². The van der Waals surface area contributed by atoms with Crippen molar-refractivity contribution in [2.24, 2.45) is 4.99 Å². The third-order valence-electron chi connectivity index (χ3n) is 8.30. The molecule has 6 rings (SSSR count). The first kappa shape index (κ1) is 25.9. The second kappa shape index (κ2) is 9.97. The van der Waals surface area contributed by atoms with Gasteiger partial charge in [0.15, 0.2) is 0 Å². The van der Waals surface area contributed by atoms with Gasteiger partial charge in [0, 0.05) is 24.7 Å². The van der Waals surface area contributed by atoms with Crippen LogP contribution in [0.1, 0.15) is 61.9 Å². The summed E-state index contributed by atoms with van der Waals surface area (Å²) in [6.45, 7) is 11.5. The molecule has 40 heavy (non-hydrogen) atoms. The van der Waals surface area contributed by atoms with Gasteiger partial charge in [0.1, 0.15) is 5.35 Å². The van der Waals surface area contributed by atoms with Crippen LogP contribution < -0.4 is 27.2 Å². The number of hydrogen-bond donors (Lipinski definition) is 3. The van der Waals surface area contributed by atoms with Gasteiger partial charge >= 0.3 is 0 Å². The summed E-state index contributed by atoms with van der Waals surface area (Å²) < 4.78 is 1.64. The summed E-state index contributed by atoms with van der Waals surface area (Å²) in [7, 11) is 0. The molecule has 1 aromatic heterocycles. The molecular weight excluding hydrogens is 498 g/mol. The van der Waals surface area contributed by atoms with Crippen molar-refractivity contribution in [2.45, 2.75) is 53.0 Å². The number of fused-ring (bicyclic) bond motifs is 2. The zero-order valence-corrected chi connectivity index (χ0v) is 23.7. The lowest BCUT2D eigenvalue weighted by Gasteiger charge is -2.25. The largest absolute Gasteiger partial charge is 0.384 e. The number of H-pyrrole nitrogens is 1. The molecule has 7 nitrogen and oxygen atoms in total. The summed E-state index contributed by atoms with van der Waals surface area (Å²) in [5, 5.41) is 6.81. The minimum atomic E-state index is -0.589. The maximum Gasteiger partial charge on any atom is 0.277 e. The Hall–Kier alpha value is -4.39. The zero-order valence-electron chi connectivity index (χ0n) is 23.7. The van der Waals surface area contributed by atoms with Crippen molar-refractivity contribution in [1.29, 1.82) is 0 Å². The number of aromatic nitrogens is 2. The second-order valence-corrected chi connectivity index (χ2v) is 11.0. The van der Waals surface area contributed by atoms with Crippen LogP contribution in [0.5, 0.6) is 0 Å². The summed E-state index contributed by atoms with van der Waals surface area (Å²) in [6, 6.07) is 14.2. The molecule has 204 valence electrons. The number of anilines is 1. The molecule has 2 atom stereocenters. The molecule has 3 aliphatic rings. The molecule has 3 aromatic rings. The average molecular weight is 534 g/mol. The van der Waals surface area contributed by atoms with E-state index in [2.05, 4.69) is 78.9 Å². The third kappa shape index (κ3) is 4.26. The highest BCUT2D eigenvalue weighted by atomic mass is 16.2. The van der Waals surface area contributed by atoms with Crippen molar-refractivity contribution in [3.8, 4) is 0 Å². The van der Waals surface area contributed by atoms with E-state index in [0.717, 1.165) is 29.8 Å². The molecule has 2 unspecified atom stereocenters. The lowest BCUT2D eigenvalue weighted by molar-refractivity contribution is -0.117. The van der Waals surface area contributed by atoms with Gasteiger partial charge < -0.3 is 15.6 Å². The van der Waals surface area contributed by atoms with Crippen LogP contribution in [0.2, 0.25) is 0 Å². The van der Waals surface area contributed by atoms with Gasteiger partial charge in [0.25, 0.3) is 11.5 Å². The predicted molar refractivity (Wildman–Crippen MR) is 159 cm³/mol. The van der Waals surface area contributed by atoms with Crippen LogP contribution in [0.3, 0.4) is 0 Å². The Morgan fingerprint density at radius 1 is 1.10 bits per heavy atom. The van der Waals surface area contributed by atoms with Crippen molar-refractivity contribution < 1.29 is 4.79 Å². The quantitative estimate of drug-likeness (QED) is 0.464. The Morgan fingerprint density at radius 2 is 1.85 bits per heavy atom. The number of carbonyl (C=O) groups excluding carboxylic acids is 1. The Morgan fingerprint density at radius 3 is 2.60 bits per heavy atom. The number of likely N-dealkylation sites (N-methyl/N-ethyl adjacent to an activating group) is 1. The number of amides is 1. The first-order valence-corrected chi connectivity index (χ1v) is 14.0. The molecule has 0 saturated carbocycles. The number of benzene rings is 2. The van der Waals surface area contributed by atoms with Crippen molar-refractivity contribution in [2.75, 3.05) is 18.4 Å². The first-order chi connectivity index (χ1) is 19.3. The molecule has 1 amide bonds. The number of nitrogens with one attached hydrogen (secondary N) is 3. The van der Waals surface area contributed by atoms with Gasteiger partial charge in [0.05, 0.1) is 17.3 Å². The Labute approximate surface area is 233 Å². The van der Waals surface area contributed by atoms with E-state index in [0.29, 0.717) is 28.8 Å². The molecule has 0 saturated heterocycles. The summed E-state index contributed by atoms with van der Waals surface area (Å²) >= 11 is 0. The molecule has 3 N–H and O–H groups in total. The molecule has 1 aliphatic carbocycles. The van der Waals surface area contributed by atoms with Crippen molar-refractivity contribution in [3.63, 3.8) is 0 Å². The monoisotopic (exact) mass is 533 g/mol. The maximum atomic E-state index is 14.1. The minimum Gasteiger partial charge on any atom is -0.384 e. The maximum absolute atomic E-state index is 14.1. The molecule has 0 spiro atoms. The normalized spacial score (nSPS) is 20.2. The Balaban J connectivity index is 1.50. The average Bonchev–Trinajstić information content (AvgIpc) is 3.59. The number of aromatic amines is 1. The first-order valence-electron chi connectivity index (χ1n) is 14.0. The number of aryl methyl sites for hydroxylation is 1. The highest BCUT2D eigenvalue weighted by Gasteiger charge is 2.33. The van der Waals surface area contributed by atoms with E-state index in [1.807, 2.05) is 26.0 Å². The van der Waals surface area contributed by atoms with Crippen molar-refractivity contribution >= 4 is 17.7 Å². The molecule has 3 heterocycles. The SMILES string of the molecule is CCNC(=O)C1=C(C)N=c2[nH]c(=CC3=C(C)C(c4ccc(C)cc4)C(C)=C3)c(=O)n2C1c1ccc2c(c1)NCC2. The van der Waals surface area contributed by atoms with E-state index in [-0.39, 0.29) is 17.4 Å². The molecule has 0 radical (unpaired) electrons. The van der Waals surface area contributed by atoms with E-state index in [9.17, 15) is 9.59 Å². The lowest BCUT2D eigenvalue weighted by atomic mass is 9.89. The molecular formula is C33H35N5O2. The number of nitrogens with zero attached hydrogens (tertiary/aromatic N) is 2. The highest BCUT2D eigenvalue weighted by molar-refractivity contribution is 5.96. The number of rotatable bonds is 5. The predicted octanol–water partition coefficient (Wildman–Crippen LogP) is 3.93. The van der Waals surface area contributed by atoms with Crippen LogP contribution in [-0.2, 0) is 11.2 Å². The molecule has 2 aromatic carbocycles. The van der Waals surface area contributed by atoms with Crippen LogP contribution in [0.25, 0.3) is 6.08 Å². The molecule has 2 aliphatic heterocycles. The number of hydrogen-bond acceptors (Lipinski definition) is 4. The molecule has 7 heteroatoms. The Bertz CT molecular complexity index is 1820. The van der Waals surface area contributed by atoms with Gasteiger partial charge in [-0.25, -0.2) is 4.99 Å². The second-order valence-electron chi connectivity index (χ2n) is 11.0.